The van der Waals surface area contributed by atoms with Crippen LogP contribution in [0.4, 0.5) is 11.4 Å². The van der Waals surface area contributed by atoms with Crippen LogP contribution < -0.4 is 5.32 Å². The Kier molecular flexibility index (Phi) is 4.54. The van der Waals surface area contributed by atoms with Crippen molar-refractivity contribution < 1.29 is 9.66 Å². The predicted octanol–water partition coefficient (Wildman–Crippen LogP) is 3.20. The standard InChI is InChI=1S/C12H15BrN2O3/c13-10-1-2-11(12(7-10)15(16)17)14-8-9-3-5-18-6-4-9/h1-2,7,9,14H,3-6,8H2. The van der Waals surface area contributed by atoms with E-state index in [0.29, 0.717) is 16.1 Å². The minimum Gasteiger partial charge on any atom is -0.381 e. The van der Waals surface area contributed by atoms with Crippen LogP contribution in [0.5, 0.6) is 0 Å². The van der Waals surface area contributed by atoms with Gasteiger partial charge in [-0.2, -0.15) is 0 Å². The Morgan fingerprint density at radius 1 is 1.44 bits per heavy atom. The third-order valence-corrected chi connectivity index (χ3v) is 3.57. The highest BCUT2D eigenvalue weighted by molar-refractivity contribution is 9.10. The van der Waals surface area contributed by atoms with Crippen molar-refractivity contribution in [2.45, 2.75) is 12.8 Å². The van der Waals surface area contributed by atoms with Crippen LogP contribution in [0, 0.1) is 16.0 Å². The third kappa shape index (κ3) is 3.43. The van der Waals surface area contributed by atoms with Gasteiger partial charge in [-0.3, -0.25) is 10.1 Å². The molecule has 0 aromatic heterocycles. The van der Waals surface area contributed by atoms with Crippen molar-refractivity contribution in [1.29, 1.82) is 0 Å². The van der Waals surface area contributed by atoms with Crippen molar-refractivity contribution in [1.82, 2.24) is 0 Å². The number of halogens is 1. The number of anilines is 1. The molecule has 0 amide bonds. The summed E-state index contributed by atoms with van der Waals surface area (Å²) in [4.78, 5) is 10.6. The Labute approximate surface area is 114 Å². The summed E-state index contributed by atoms with van der Waals surface area (Å²) in [6.07, 6.45) is 2.02. The highest BCUT2D eigenvalue weighted by Crippen LogP contribution is 2.28. The van der Waals surface area contributed by atoms with E-state index in [1.54, 1.807) is 12.1 Å². The summed E-state index contributed by atoms with van der Waals surface area (Å²) in [7, 11) is 0. The van der Waals surface area contributed by atoms with Gasteiger partial charge in [0, 0.05) is 30.3 Å². The van der Waals surface area contributed by atoms with Gasteiger partial charge in [0.1, 0.15) is 5.69 Å². The molecule has 1 aromatic rings. The largest absolute Gasteiger partial charge is 0.381 e. The van der Waals surface area contributed by atoms with Gasteiger partial charge < -0.3 is 10.1 Å². The molecule has 1 aromatic carbocycles. The Hall–Kier alpha value is -1.14. The summed E-state index contributed by atoms with van der Waals surface area (Å²) < 4.78 is 6.00. The molecular formula is C12H15BrN2O3. The van der Waals surface area contributed by atoms with E-state index in [0.717, 1.165) is 32.6 Å². The Morgan fingerprint density at radius 2 is 2.17 bits per heavy atom. The number of hydrogen-bond donors (Lipinski definition) is 1. The zero-order valence-corrected chi connectivity index (χ0v) is 11.5. The fourth-order valence-corrected chi connectivity index (χ4v) is 2.36. The monoisotopic (exact) mass is 314 g/mol. The zero-order valence-electron chi connectivity index (χ0n) is 9.89. The van der Waals surface area contributed by atoms with Gasteiger partial charge in [0.05, 0.1) is 4.92 Å². The molecule has 0 radical (unpaired) electrons. The van der Waals surface area contributed by atoms with Crippen molar-refractivity contribution in [2.75, 3.05) is 25.1 Å². The molecule has 1 heterocycles. The van der Waals surface area contributed by atoms with Crippen molar-refractivity contribution in [3.8, 4) is 0 Å². The first-order chi connectivity index (χ1) is 8.66. The number of rotatable bonds is 4. The van der Waals surface area contributed by atoms with Gasteiger partial charge in [0.2, 0.25) is 0 Å². The second kappa shape index (κ2) is 6.15. The molecule has 98 valence electrons. The van der Waals surface area contributed by atoms with Crippen molar-refractivity contribution in [3.05, 3.63) is 32.8 Å². The number of benzene rings is 1. The van der Waals surface area contributed by atoms with Crippen LogP contribution in [0.2, 0.25) is 0 Å². The summed E-state index contributed by atoms with van der Waals surface area (Å²) in [5.41, 5.74) is 0.686. The molecule has 0 spiro atoms. The molecule has 1 aliphatic heterocycles. The van der Waals surface area contributed by atoms with E-state index in [9.17, 15) is 10.1 Å². The van der Waals surface area contributed by atoms with Crippen molar-refractivity contribution >= 4 is 27.3 Å². The first-order valence-corrected chi connectivity index (χ1v) is 6.71. The second-order valence-electron chi connectivity index (χ2n) is 4.36. The minimum absolute atomic E-state index is 0.108. The lowest BCUT2D eigenvalue weighted by molar-refractivity contribution is -0.384. The van der Waals surface area contributed by atoms with Crippen LogP contribution in [-0.4, -0.2) is 24.7 Å². The predicted molar refractivity (Wildman–Crippen MR) is 72.8 cm³/mol. The molecule has 1 N–H and O–H groups in total. The van der Waals surface area contributed by atoms with Crippen LogP contribution in [-0.2, 0) is 4.74 Å². The molecule has 1 aliphatic rings. The number of hydrogen-bond acceptors (Lipinski definition) is 4. The fraction of sp³-hybridized carbons (Fsp3) is 0.500. The average molecular weight is 315 g/mol. The molecule has 0 atom stereocenters. The number of nitrogens with one attached hydrogen (secondary N) is 1. The maximum Gasteiger partial charge on any atom is 0.293 e. The van der Waals surface area contributed by atoms with E-state index in [2.05, 4.69) is 21.2 Å². The highest BCUT2D eigenvalue weighted by atomic mass is 79.9. The van der Waals surface area contributed by atoms with Crippen LogP contribution >= 0.6 is 15.9 Å². The molecule has 6 heteroatoms. The zero-order chi connectivity index (χ0) is 13.0. The van der Waals surface area contributed by atoms with Gasteiger partial charge in [-0.1, -0.05) is 15.9 Å². The maximum absolute atomic E-state index is 10.9. The SMILES string of the molecule is O=[N+]([O-])c1cc(Br)ccc1NCC1CCOCC1. The normalized spacial score (nSPS) is 16.5. The van der Waals surface area contributed by atoms with Gasteiger partial charge in [-0.05, 0) is 30.9 Å². The smallest absolute Gasteiger partial charge is 0.293 e. The number of nitro groups is 1. The van der Waals surface area contributed by atoms with E-state index in [4.69, 9.17) is 4.74 Å². The summed E-state index contributed by atoms with van der Waals surface area (Å²) in [6, 6.07) is 5.06. The maximum atomic E-state index is 10.9. The summed E-state index contributed by atoms with van der Waals surface area (Å²) in [5.74, 6) is 0.530. The van der Waals surface area contributed by atoms with Crippen LogP contribution in [0.1, 0.15) is 12.8 Å². The molecule has 0 unspecified atom stereocenters. The molecule has 5 nitrogen and oxygen atoms in total. The molecule has 0 saturated carbocycles. The van der Waals surface area contributed by atoms with E-state index in [-0.39, 0.29) is 10.6 Å². The second-order valence-corrected chi connectivity index (χ2v) is 5.27. The van der Waals surface area contributed by atoms with Gasteiger partial charge >= 0.3 is 0 Å². The first kappa shape index (κ1) is 13.3. The summed E-state index contributed by atoms with van der Waals surface area (Å²) in [6.45, 7) is 2.33. The molecule has 18 heavy (non-hydrogen) atoms. The molecule has 2 rings (SSSR count). The summed E-state index contributed by atoms with van der Waals surface area (Å²) >= 11 is 3.24. The number of nitro benzene ring substituents is 1. The number of nitrogens with zero attached hydrogens (tertiary/aromatic N) is 1. The fourth-order valence-electron chi connectivity index (χ4n) is 2.01. The average Bonchev–Trinajstić information content (AvgIpc) is 2.38. The van der Waals surface area contributed by atoms with E-state index in [1.165, 1.54) is 6.07 Å². The van der Waals surface area contributed by atoms with E-state index >= 15 is 0 Å². The van der Waals surface area contributed by atoms with Crippen molar-refractivity contribution in [3.63, 3.8) is 0 Å². The third-order valence-electron chi connectivity index (χ3n) is 3.08. The van der Waals surface area contributed by atoms with Crippen LogP contribution in [0.25, 0.3) is 0 Å². The van der Waals surface area contributed by atoms with Crippen LogP contribution in [0.15, 0.2) is 22.7 Å². The first-order valence-electron chi connectivity index (χ1n) is 5.92. The topological polar surface area (TPSA) is 64.4 Å². The van der Waals surface area contributed by atoms with Crippen molar-refractivity contribution in [2.24, 2.45) is 5.92 Å². The van der Waals surface area contributed by atoms with E-state index < -0.39 is 0 Å². The number of ether oxygens (including phenoxy) is 1. The van der Waals surface area contributed by atoms with E-state index in [1.807, 2.05) is 0 Å². The van der Waals surface area contributed by atoms with Gasteiger partial charge in [-0.25, -0.2) is 0 Å². The van der Waals surface area contributed by atoms with Gasteiger partial charge in [0.15, 0.2) is 0 Å². The molecule has 0 bridgehead atoms. The molecule has 1 fully saturated rings. The Balaban J connectivity index is 2.01. The minimum atomic E-state index is -0.364. The molecular weight excluding hydrogens is 300 g/mol. The Morgan fingerprint density at radius 3 is 2.83 bits per heavy atom. The summed E-state index contributed by atoms with van der Waals surface area (Å²) in [5, 5.41) is 14.1. The van der Waals surface area contributed by atoms with Crippen LogP contribution in [0.3, 0.4) is 0 Å². The lowest BCUT2D eigenvalue weighted by atomic mass is 10.0. The van der Waals surface area contributed by atoms with Gasteiger partial charge in [-0.15, -0.1) is 0 Å². The van der Waals surface area contributed by atoms with Gasteiger partial charge in [0.25, 0.3) is 5.69 Å². The molecule has 0 aliphatic carbocycles. The lowest BCUT2D eigenvalue weighted by Gasteiger charge is -2.22. The highest BCUT2D eigenvalue weighted by Gasteiger charge is 2.17. The quantitative estimate of drug-likeness (QED) is 0.684. The molecule has 1 saturated heterocycles. The lowest BCUT2D eigenvalue weighted by Crippen LogP contribution is -2.22. The Bertz CT molecular complexity index is 433.